The number of amides is 1. The third-order valence-electron chi connectivity index (χ3n) is 5.31. The SMILES string of the molecule is CCSc1nc(N2CCCCC2)c2cnn(CCNC(=O)c3cccc([N+](=O)[O-])c3)c2n1. The van der Waals surface area contributed by atoms with E-state index in [0.717, 1.165) is 53.7 Å². The van der Waals surface area contributed by atoms with Gasteiger partial charge in [-0.3, -0.25) is 14.9 Å². The molecule has 0 saturated carbocycles. The second-order valence-corrected chi connectivity index (χ2v) is 8.71. The number of carbonyl (C=O) groups excluding carboxylic acids is 1. The predicted molar refractivity (Wildman–Crippen MR) is 123 cm³/mol. The van der Waals surface area contributed by atoms with Gasteiger partial charge in [-0.25, -0.2) is 14.6 Å². The molecule has 1 aromatic carbocycles. The molecular weight excluding hydrogens is 430 g/mol. The van der Waals surface area contributed by atoms with Crippen LogP contribution in [0.1, 0.15) is 36.5 Å². The number of piperidine rings is 1. The highest BCUT2D eigenvalue weighted by Gasteiger charge is 2.20. The minimum absolute atomic E-state index is 0.112. The molecule has 11 heteroatoms. The molecule has 1 saturated heterocycles. The van der Waals surface area contributed by atoms with Gasteiger partial charge in [0, 0.05) is 37.3 Å². The van der Waals surface area contributed by atoms with Crippen molar-refractivity contribution in [2.24, 2.45) is 0 Å². The molecule has 0 aliphatic carbocycles. The number of thioether (sulfide) groups is 1. The van der Waals surface area contributed by atoms with Gasteiger partial charge in [-0.15, -0.1) is 0 Å². The Hall–Kier alpha value is -3.21. The maximum atomic E-state index is 12.4. The molecule has 0 unspecified atom stereocenters. The first kappa shape index (κ1) is 22.0. The van der Waals surface area contributed by atoms with E-state index >= 15 is 0 Å². The Morgan fingerprint density at radius 3 is 2.81 bits per heavy atom. The summed E-state index contributed by atoms with van der Waals surface area (Å²) in [4.78, 5) is 34.6. The Morgan fingerprint density at radius 1 is 1.25 bits per heavy atom. The number of nitro benzene ring substituents is 1. The summed E-state index contributed by atoms with van der Waals surface area (Å²) >= 11 is 1.60. The first-order valence-corrected chi connectivity index (χ1v) is 11.7. The van der Waals surface area contributed by atoms with Gasteiger partial charge < -0.3 is 10.2 Å². The molecule has 0 radical (unpaired) electrons. The summed E-state index contributed by atoms with van der Waals surface area (Å²) in [5.74, 6) is 1.44. The van der Waals surface area contributed by atoms with Crippen molar-refractivity contribution in [2.45, 2.75) is 37.9 Å². The predicted octanol–water partition coefficient (Wildman–Crippen LogP) is 3.27. The summed E-state index contributed by atoms with van der Waals surface area (Å²) in [6, 6.07) is 5.68. The molecule has 1 fully saturated rings. The van der Waals surface area contributed by atoms with Gasteiger partial charge in [0.25, 0.3) is 11.6 Å². The van der Waals surface area contributed by atoms with Crippen LogP contribution in [-0.4, -0.2) is 56.0 Å². The van der Waals surface area contributed by atoms with Gasteiger partial charge in [-0.05, 0) is 31.1 Å². The number of hydrogen-bond acceptors (Lipinski definition) is 8. The second kappa shape index (κ2) is 9.94. The fraction of sp³-hybridized carbons (Fsp3) is 0.429. The van der Waals surface area contributed by atoms with Gasteiger partial charge >= 0.3 is 0 Å². The van der Waals surface area contributed by atoms with E-state index in [-0.39, 0.29) is 17.2 Å². The number of nitrogens with zero attached hydrogens (tertiary/aromatic N) is 6. The smallest absolute Gasteiger partial charge is 0.270 e. The molecule has 1 amide bonds. The van der Waals surface area contributed by atoms with E-state index < -0.39 is 4.92 Å². The average Bonchev–Trinajstić information content (AvgIpc) is 3.22. The van der Waals surface area contributed by atoms with Crippen LogP contribution in [0.4, 0.5) is 11.5 Å². The average molecular weight is 456 g/mol. The first-order valence-electron chi connectivity index (χ1n) is 10.7. The van der Waals surface area contributed by atoms with Crippen LogP contribution in [0.25, 0.3) is 11.0 Å². The third-order valence-corrected chi connectivity index (χ3v) is 6.04. The van der Waals surface area contributed by atoms with E-state index in [2.05, 4.69) is 22.2 Å². The van der Waals surface area contributed by atoms with Gasteiger partial charge in [0.05, 0.1) is 23.1 Å². The van der Waals surface area contributed by atoms with Crippen molar-refractivity contribution < 1.29 is 9.72 Å². The number of carbonyl (C=O) groups is 1. The monoisotopic (exact) mass is 455 g/mol. The lowest BCUT2D eigenvalue weighted by molar-refractivity contribution is -0.384. The third kappa shape index (κ3) is 4.82. The molecule has 32 heavy (non-hydrogen) atoms. The van der Waals surface area contributed by atoms with Gasteiger partial charge in [0.15, 0.2) is 10.8 Å². The van der Waals surface area contributed by atoms with Crippen LogP contribution in [0.3, 0.4) is 0 Å². The Labute approximate surface area is 189 Å². The van der Waals surface area contributed by atoms with Crippen molar-refractivity contribution in [3.05, 3.63) is 46.1 Å². The largest absolute Gasteiger partial charge is 0.356 e. The Morgan fingerprint density at radius 2 is 2.06 bits per heavy atom. The van der Waals surface area contributed by atoms with Gasteiger partial charge in [-0.1, -0.05) is 24.8 Å². The number of anilines is 1. The normalized spacial score (nSPS) is 14.0. The molecule has 0 atom stereocenters. The maximum absolute atomic E-state index is 12.4. The van der Waals surface area contributed by atoms with E-state index in [0.29, 0.717) is 13.1 Å². The zero-order valence-electron chi connectivity index (χ0n) is 17.9. The number of rotatable bonds is 8. The van der Waals surface area contributed by atoms with Crippen LogP contribution in [-0.2, 0) is 6.54 Å². The number of hydrogen-bond donors (Lipinski definition) is 1. The van der Waals surface area contributed by atoms with Crippen molar-refractivity contribution >= 4 is 40.2 Å². The van der Waals surface area contributed by atoms with Crippen LogP contribution >= 0.6 is 11.8 Å². The van der Waals surface area contributed by atoms with E-state index in [9.17, 15) is 14.9 Å². The summed E-state index contributed by atoms with van der Waals surface area (Å²) in [6.45, 7) is 4.77. The van der Waals surface area contributed by atoms with E-state index in [4.69, 9.17) is 9.97 Å². The van der Waals surface area contributed by atoms with E-state index in [1.165, 1.54) is 24.6 Å². The molecule has 3 aromatic rings. The minimum Gasteiger partial charge on any atom is -0.356 e. The summed E-state index contributed by atoms with van der Waals surface area (Å²) in [5, 5.41) is 19.9. The molecule has 3 heterocycles. The molecule has 168 valence electrons. The number of aromatic nitrogens is 4. The Bertz CT molecular complexity index is 1130. The lowest BCUT2D eigenvalue weighted by Gasteiger charge is -2.28. The number of nitro groups is 1. The number of fused-ring (bicyclic) bond motifs is 1. The molecule has 4 rings (SSSR count). The molecule has 1 aliphatic rings. The lowest BCUT2D eigenvalue weighted by Crippen LogP contribution is -2.30. The fourth-order valence-corrected chi connectivity index (χ4v) is 4.32. The number of benzene rings is 1. The molecule has 2 aromatic heterocycles. The lowest BCUT2D eigenvalue weighted by atomic mass is 10.1. The van der Waals surface area contributed by atoms with Crippen LogP contribution in [0.15, 0.2) is 35.6 Å². The van der Waals surface area contributed by atoms with Crippen molar-refractivity contribution in [3.8, 4) is 0 Å². The quantitative estimate of drug-likeness (QED) is 0.238. The summed E-state index contributed by atoms with van der Waals surface area (Å²) < 4.78 is 1.78. The summed E-state index contributed by atoms with van der Waals surface area (Å²) in [7, 11) is 0. The van der Waals surface area contributed by atoms with Crippen LogP contribution in [0, 0.1) is 10.1 Å². The summed E-state index contributed by atoms with van der Waals surface area (Å²) in [6.07, 6.45) is 5.34. The number of nitrogens with one attached hydrogen (secondary N) is 1. The van der Waals surface area contributed by atoms with Gasteiger partial charge in [-0.2, -0.15) is 5.10 Å². The number of non-ortho nitro benzene ring substituents is 1. The molecule has 10 nitrogen and oxygen atoms in total. The second-order valence-electron chi connectivity index (χ2n) is 7.48. The van der Waals surface area contributed by atoms with Crippen molar-refractivity contribution in [3.63, 3.8) is 0 Å². The van der Waals surface area contributed by atoms with Crippen molar-refractivity contribution in [2.75, 3.05) is 30.3 Å². The van der Waals surface area contributed by atoms with Crippen LogP contribution in [0.5, 0.6) is 0 Å². The Kier molecular flexibility index (Phi) is 6.84. The van der Waals surface area contributed by atoms with Crippen molar-refractivity contribution in [1.29, 1.82) is 0 Å². The van der Waals surface area contributed by atoms with E-state index in [1.54, 1.807) is 28.7 Å². The minimum atomic E-state index is -0.516. The standard InChI is InChI=1S/C21H25N7O3S/c1-2-32-21-24-18(26-10-4-3-5-11-26)17-14-23-27(19(17)25-21)12-9-22-20(29)15-7-6-8-16(13-15)28(30)31/h6-8,13-14H,2-5,9-12H2,1H3,(H,22,29). The highest BCUT2D eigenvalue weighted by Crippen LogP contribution is 2.29. The van der Waals surface area contributed by atoms with Crippen LogP contribution in [0.2, 0.25) is 0 Å². The van der Waals surface area contributed by atoms with Gasteiger partial charge in [0.1, 0.15) is 5.82 Å². The molecule has 1 N–H and O–H groups in total. The van der Waals surface area contributed by atoms with Crippen molar-refractivity contribution in [1.82, 2.24) is 25.1 Å². The zero-order chi connectivity index (χ0) is 22.5. The first-order chi connectivity index (χ1) is 15.6. The summed E-state index contributed by atoms with van der Waals surface area (Å²) in [5.41, 5.74) is 0.889. The van der Waals surface area contributed by atoms with E-state index in [1.807, 2.05) is 0 Å². The molecular formula is C21H25N7O3S. The van der Waals surface area contributed by atoms with Crippen LogP contribution < -0.4 is 10.2 Å². The van der Waals surface area contributed by atoms with Gasteiger partial charge in [0.2, 0.25) is 0 Å². The molecule has 1 aliphatic heterocycles. The highest BCUT2D eigenvalue weighted by molar-refractivity contribution is 7.99. The Balaban J connectivity index is 1.50. The molecule has 0 spiro atoms. The fourth-order valence-electron chi connectivity index (χ4n) is 3.76. The zero-order valence-corrected chi connectivity index (χ0v) is 18.7. The topological polar surface area (TPSA) is 119 Å². The molecule has 0 bridgehead atoms. The highest BCUT2D eigenvalue weighted by atomic mass is 32.2. The maximum Gasteiger partial charge on any atom is 0.270 e.